The summed E-state index contributed by atoms with van der Waals surface area (Å²) in [5.74, 6) is 0. The van der Waals surface area contributed by atoms with Crippen molar-refractivity contribution in [3.05, 3.63) is 40.9 Å². The quantitative estimate of drug-likeness (QED) is 0.652. The van der Waals surface area contributed by atoms with Crippen molar-refractivity contribution in [2.45, 2.75) is 6.18 Å². The molecule has 0 aliphatic carbocycles. The van der Waals surface area contributed by atoms with Gasteiger partial charge in [0.15, 0.2) is 0 Å². The molecule has 1 aromatic rings. The van der Waals surface area contributed by atoms with Crippen molar-refractivity contribution >= 4 is 17.7 Å². The van der Waals surface area contributed by atoms with Crippen LogP contribution in [0.1, 0.15) is 11.1 Å². The summed E-state index contributed by atoms with van der Waals surface area (Å²) >= 11 is 5.43. The van der Waals surface area contributed by atoms with Crippen LogP contribution in [-0.2, 0) is 6.18 Å². The van der Waals surface area contributed by atoms with Gasteiger partial charge in [-0.1, -0.05) is 30.3 Å². The highest BCUT2D eigenvalue weighted by Crippen LogP contribution is 2.34. The van der Waals surface area contributed by atoms with Crippen LogP contribution in [0.25, 0.3) is 6.08 Å². The van der Waals surface area contributed by atoms with Gasteiger partial charge in [-0.2, -0.15) is 13.2 Å². The molecular weight excluding hydrogens is 201 g/mol. The zero-order valence-corrected chi connectivity index (χ0v) is 7.28. The van der Waals surface area contributed by atoms with Gasteiger partial charge in [0.05, 0.1) is 10.6 Å². The van der Waals surface area contributed by atoms with E-state index in [1.54, 1.807) is 0 Å². The average Bonchev–Trinajstić information content (AvgIpc) is 2.01. The highest BCUT2D eigenvalue weighted by Gasteiger charge is 2.32. The van der Waals surface area contributed by atoms with Crippen LogP contribution in [-0.4, -0.2) is 0 Å². The van der Waals surface area contributed by atoms with Gasteiger partial charge in [-0.05, 0) is 17.7 Å². The molecular formula is C9H6ClF3. The third-order valence-electron chi connectivity index (χ3n) is 1.53. The average molecular weight is 207 g/mol. The Labute approximate surface area is 78.6 Å². The molecule has 0 aliphatic rings. The number of rotatable bonds is 1. The Morgan fingerprint density at radius 1 is 1.31 bits per heavy atom. The molecule has 1 rings (SSSR count). The molecule has 0 heterocycles. The first kappa shape index (κ1) is 10.1. The predicted molar refractivity (Wildman–Crippen MR) is 46.5 cm³/mol. The number of halogens is 4. The van der Waals surface area contributed by atoms with Crippen molar-refractivity contribution in [1.29, 1.82) is 0 Å². The lowest BCUT2D eigenvalue weighted by atomic mass is 10.1. The molecule has 0 aliphatic heterocycles. The summed E-state index contributed by atoms with van der Waals surface area (Å²) in [6.45, 7) is 3.42. The fraction of sp³-hybridized carbons (Fsp3) is 0.111. The second kappa shape index (κ2) is 3.42. The molecule has 4 heteroatoms. The lowest BCUT2D eigenvalue weighted by molar-refractivity contribution is -0.137. The van der Waals surface area contributed by atoms with E-state index in [4.69, 9.17) is 11.6 Å². The van der Waals surface area contributed by atoms with E-state index in [0.29, 0.717) is 5.56 Å². The van der Waals surface area contributed by atoms with Crippen LogP contribution >= 0.6 is 11.6 Å². The van der Waals surface area contributed by atoms with Crippen molar-refractivity contribution in [1.82, 2.24) is 0 Å². The standard InChI is InChI=1S/C9H6ClF3/c1-2-6-3-4-7(8(10)5-6)9(11,12)13/h2-5H,1H2. The maximum absolute atomic E-state index is 12.2. The van der Waals surface area contributed by atoms with E-state index in [2.05, 4.69) is 6.58 Å². The summed E-state index contributed by atoms with van der Waals surface area (Å²) in [4.78, 5) is 0. The monoisotopic (exact) mass is 206 g/mol. The van der Waals surface area contributed by atoms with Gasteiger partial charge in [0.25, 0.3) is 0 Å². The molecule has 0 saturated heterocycles. The highest BCUT2D eigenvalue weighted by molar-refractivity contribution is 6.31. The Balaban J connectivity index is 3.20. The number of alkyl halides is 3. The molecule has 13 heavy (non-hydrogen) atoms. The lowest BCUT2D eigenvalue weighted by Crippen LogP contribution is -2.05. The molecule has 0 bridgehead atoms. The minimum Gasteiger partial charge on any atom is -0.166 e. The van der Waals surface area contributed by atoms with Crippen LogP contribution in [0.2, 0.25) is 5.02 Å². The maximum Gasteiger partial charge on any atom is 0.417 e. The van der Waals surface area contributed by atoms with E-state index in [-0.39, 0.29) is 5.02 Å². The Morgan fingerprint density at radius 3 is 2.31 bits per heavy atom. The zero-order chi connectivity index (χ0) is 10.1. The molecule has 0 amide bonds. The van der Waals surface area contributed by atoms with Crippen molar-refractivity contribution < 1.29 is 13.2 Å². The van der Waals surface area contributed by atoms with Gasteiger partial charge < -0.3 is 0 Å². The summed E-state index contributed by atoms with van der Waals surface area (Å²) in [5.41, 5.74) is -0.252. The van der Waals surface area contributed by atoms with Crippen molar-refractivity contribution in [3.63, 3.8) is 0 Å². The minimum absolute atomic E-state index is 0.301. The zero-order valence-electron chi connectivity index (χ0n) is 6.53. The van der Waals surface area contributed by atoms with Crippen LogP contribution in [0.4, 0.5) is 13.2 Å². The van der Waals surface area contributed by atoms with E-state index >= 15 is 0 Å². The first-order chi connectivity index (χ1) is 5.95. The molecule has 0 nitrogen and oxygen atoms in total. The SMILES string of the molecule is C=Cc1ccc(C(F)(F)F)c(Cl)c1. The molecule has 70 valence electrons. The van der Waals surface area contributed by atoms with Crippen LogP contribution in [0.3, 0.4) is 0 Å². The van der Waals surface area contributed by atoms with Crippen molar-refractivity contribution in [2.24, 2.45) is 0 Å². The maximum atomic E-state index is 12.2. The Kier molecular flexibility index (Phi) is 2.66. The Hall–Kier alpha value is -0.960. The van der Waals surface area contributed by atoms with E-state index in [9.17, 15) is 13.2 Å². The largest absolute Gasteiger partial charge is 0.417 e. The topological polar surface area (TPSA) is 0 Å². The van der Waals surface area contributed by atoms with Crippen LogP contribution in [0.15, 0.2) is 24.8 Å². The van der Waals surface area contributed by atoms with Gasteiger partial charge >= 0.3 is 6.18 Å². The van der Waals surface area contributed by atoms with Crippen molar-refractivity contribution in [3.8, 4) is 0 Å². The first-order valence-electron chi connectivity index (χ1n) is 3.44. The third-order valence-corrected chi connectivity index (χ3v) is 1.85. The molecule has 1 aromatic carbocycles. The molecule has 0 radical (unpaired) electrons. The number of hydrogen-bond acceptors (Lipinski definition) is 0. The highest BCUT2D eigenvalue weighted by atomic mass is 35.5. The van der Waals surface area contributed by atoms with E-state index < -0.39 is 11.7 Å². The second-order valence-corrected chi connectivity index (χ2v) is 2.85. The summed E-state index contributed by atoms with van der Waals surface area (Å²) < 4.78 is 36.5. The molecule has 0 aromatic heterocycles. The van der Waals surface area contributed by atoms with Gasteiger partial charge in [-0.25, -0.2) is 0 Å². The Bertz CT molecular complexity index is 328. The predicted octanol–water partition coefficient (Wildman–Crippen LogP) is 4.00. The smallest absolute Gasteiger partial charge is 0.166 e. The molecule has 0 N–H and O–H groups in total. The molecule has 0 unspecified atom stereocenters. The second-order valence-electron chi connectivity index (χ2n) is 2.44. The third kappa shape index (κ3) is 2.25. The summed E-state index contributed by atoms with van der Waals surface area (Å²) in [6.07, 6.45) is -2.96. The van der Waals surface area contributed by atoms with Gasteiger partial charge in [-0.3, -0.25) is 0 Å². The van der Waals surface area contributed by atoms with E-state index in [0.717, 1.165) is 6.07 Å². The summed E-state index contributed by atoms with van der Waals surface area (Å²) in [5, 5.41) is -0.301. The number of benzene rings is 1. The Morgan fingerprint density at radius 2 is 1.92 bits per heavy atom. The molecule has 0 atom stereocenters. The summed E-state index contributed by atoms with van der Waals surface area (Å²) in [7, 11) is 0. The molecule has 0 saturated carbocycles. The van der Waals surface area contributed by atoms with Gasteiger partial charge in [0.1, 0.15) is 0 Å². The van der Waals surface area contributed by atoms with E-state index in [1.165, 1.54) is 18.2 Å². The fourth-order valence-electron chi connectivity index (χ4n) is 0.888. The summed E-state index contributed by atoms with van der Waals surface area (Å²) in [6, 6.07) is 3.50. The van der Waals surface area contributed by atoms with Gasteiger partial charge in [0, 0.05) is 0 Å². The normalized spacial score (nSPS) is 11.4. The first-order valence-corrected chi connectivity index (χ1v) is 3.82. The van der Waals surface area contributed by atoms with Crippen LogP contribution in [0.5, 0.6) is 0 Å². The minimum atomic E-state index is -4.39. The van der Waals surface area contributed by atoms with E-state index in [1.807, 2.05) is 0 Å². The fourth-order valence-corrected chi connectivity index (χ4v) is 1.18. The van der Waals surface area contributed by atoms with Crippen LogP contribution < -0.4 is 0 Å². The van der Waals surface area contributed by atoms with Crippen molar-refractivity contribution in [2.75, 3.05) is 0 Å². The van der Waals surface area contributed by atoms with Gasteiger partial charge in [0.2, 0.25) is 0 Å². The molecule has 0 fully saturated rings. The lowest BCUT2D eigenvalue weighted by Gasteiger charge is -2.08. The van der Waals surface area contributed by atoms with Crippen LogP contribution in [0, 0.1) is 0 Å². The number of hydrogen-bond donors (Lipinski definition) is 0. The molecule has 0 spiro atoms. The van der Waals surface area contributed by atoms with Gasteiger partial charge in [-0.15, -0.1) is 0 Å².